The summed E-state index contributed by atoms with van der Waals surface area (Å²) in [7, 11) is 0. The number of imide groups is 1. The molecule has 0 atom stereocenters. The topological polar surface area (TPSA) is 76.7 Å². The maximum atomic E-state index is 11.9. The fourth-order valence-electron chi connectivity index (χ4n) is 2.84. The maximum absolute atomic E-state index is 11.9. The van der Waals surface area contributed by atoms with Crippen molar-refractivity contribution in [2.75, 3.05) is 13.2 Å². The molecule has 1 aliphatic heterocycles. The van der Waals surface area contributed by atoms with Gasteiger partial charge in [0.2, 0.25) is 0 Å². The summed E-state index contributed by atoms with van der Waals surface area (Å²) in [5.74, 6) is -0.451. The molecule has 130 valence electrons. The quantitative estimate of drug-likeness (QED) is 0.481. The van der Waals surface area contributed by atoms with E-state index in [1.165, 1.54) is 0 Å². The molecule has 2 N–H and O–H groups in total. The van der Waals surface area contributed by atoms with Crippen molar-refractivity contribution in [2.45, 2.75) is 20.1 Å². The third-order valence-electron chi connectivity index (χ3n) is 3.90. The number of urea groups is 1. The number of carbonyl (C=O) groups is 2. The van der Waals surface area contributed by atoms with Crippen LogP contribution < -0.4 is 10.6 Å². The van der Waals surface area contributed by atoms with Crippen LogP contribution in [0.5, 0.6) is 0 Å². The Hall–Kier alpha value is -2.70. The van der Waals surface area contributed by atoms with E-state index in [1.807, 2.05) is 50.2 Å². The van der Waals surface area contributed by atoms with Gasteiger partial charge in [0, 0.05) is 18.8 Å². The van der Waals surface area contributed by atoms with E-state index in [0.29, 0.717) is 13.2 Å². The first-order valence-electron chi connectivity index (χ1n) is 8.23. The van der Waals surface area contributed by atoms with Gasteiger partial charge in [-0.1, -0.05) is 36.4 Å². The summed E-state index contributed by atoms with van der Waals surface area (Å²) < 4.78 is 11.5. The number of nitrogens with one attached hydrogen (secondary N) is 2. The molecule has 0 unspecified atom stereocenters. The fourth-order valence-corrected chi connectivity index (χ4v) is 2.84. The maximum Gasteiger partial charge on any atom is 0.326 e. The van der Waals surface area contributed by atoms with Crippen molar-refractivity contribution < 1.29 is 19.1 Å². The van der Waals surface area contributed by atoms with Gasteiger partial charge in [-0.25, -0.2) is 4.79 Å². The van der Waals surface area contributed by atoms with Gasteiger partial charge in [-0.15, -0.1) is 0 Å². The molecule has 0 aliphatic carbocycles. The number of ether oxygens (including phenoxy) is 2. The first-order valence-corrected chi connectivity index (χ1v) is 8.23. The zero-order valence-electron chi connectivity index (χ0n) is 14.2. The minimum atomic E-state index is -0.549. The lowest BCUT2D eigenvalue weighted by Crippen LogP contribution is -2.22. The van der Waals surface area contributed by atoms with Crippen LogP contribution in [0.25, 0.3) is 16.8 Å². The molecule has 0 spiro atoms. The Balaban J connectivity index is 2.18. The second-order valence-corrected chi connectivity index (χ2v) is 5.50. The molecule has 1 heterocycles. The summed E-state index contributed by atoms with van der Waals surface area (Å²) in [4.78, 5) is 23.3. The molecule has 0 radical (unpaired) electrons. The van der Waals surface area contributed by atoms with E-state index in [1.54, 1.807) is 6.08 Å². The molecule has 1 aliphatic rings. The zero-order valence-corrected chi connectivity index (χ0v) is 14.2. The van der Waals surface area contributed by atoms with Gasteiger partial charge in [-0.3, -0.25) is 10.1 Å². The lowest BCUT2D eigenvalue weighted by atomic mass is 9.97. The number of rotatable bonds is 6. The number of amides is 3. The third-order valence-corrected chi connectivity index (χ3v) is 3.90. The summed E-state index contributed by atoms with van der Waals surface area (Å²) in [6.45, 7) is 4.78. The number of hydrogen-bond donors (Lipinski definition) is 2. The van der Waals surface area contributed by atoms with Crippen molar-refractivity contribution in [1.29, 1.82) is 0 Å². The lowest BCUT2D eigenvalue weighted by molar-refractivity contribution is -0.140. The summed E-state index contributed by atoms with van der Waals surface area (Å²) in [6.07, 6.45) is 1.12. The summed E-state index contributed by atoms with van der Waals surface area (Å²) in [5.41, 5.74) is 1.80. The number of hydrogen-bond acceptors (Lipinski definition) is 4. The van der Waals surface area contributed by atoms with Crippen LogP contribution in [0.1, 0.15) is 31.3 Å². The van der Waals surface area contributed by atoms with Crippen LogP contribution in [0.15, 0.2) is 42.1 Å². The Labute approximate surface area is 145 Å². The van der Waals surface area contributed by atoms with Gasteiger partial charge in [0.05, 0.1) is 0 Å². The monoisotopic (exact) mass is 340 g/mol. The van der Waals surface area contributed by atoms with Crippen LogP contribution in [0.4, 0.5) is 4.79 Å². The van der Waals surface area contributed by atoms with Crippen LogP contribution in [0.3, 0.4) is 0 Å². The van der Waals surface area contributed by atoms with Crippen molar-refractivity contribution in [3.05, 3.63) is 53.2 Å². The molecule has 25 heavy (non-hydrogen) atoms. The second-order valence-electron chi connectivity index (χ2n) is 5.50. The van der Waals surface area contributed by atoms with E-state index >= 15 is 0 Å². The molecule has 0 saturated carbocycles. The molecule has 0 aromatic heterocycles. The average Bonchev–Trinajstić information content (AvgIpc) is 2.92. The molecule has 6 heteroatoms. The standard InChI is InChI=1S/C19H20N2O4/c1-3-24-18(25-4-2)14-10-9-12-7-5-6-8-13(12)15(14)11-16-17(22)21-19(23)20-16/h5-11,18H,3-4H2,1-2H3,(H2,20,21,22,23)/b16-11-. The van der Waals surface area contributed by atoms with Gasteiger partial charge in [-0.2, -0.15) is 0 Å². The molecule has 3 rings (SSSR count). The third kappa shape index (κ3) is 3.55. The van der Waals surface area contributed by atoms with Gasteiger partial charge < -0.3 is 14.8 Å². The molecule has 1 fully saturated rings. The van der Waals surface area contributed by atoms with Crippen LogP contribution in [0.2, 0.25) is 0 Å². The summed E-state index contributed by atoms with van der Waals surface area (Å²) in [6, 6.07) is 11.2. The smallest absolute Gasteiger partial charge is 0.326 e. The Bertz CT molecular complexity index is 838. The highest BCUT2D eigenvalue weighted by molar-refractivity contribution is 6.14. The molecule has 1 saturated heterocycles. The van der Waals surface area contributed by atoms with Crippen molar-refractivity contribution in [1.82, 2.24) is 10.6 Å². The van der Waals surface area contributed by atoms with Gasteiger partial charge in [0.1, 0.15) is 5.70 Å². The summed E-state index contributed by atoms with van der Waals surface area (Å²) >= 11 is 0. The molecule has 6 nitrogen and oxygen atoms in total. The Morgan fingerprint density at radius 1 is 1.00 bits per heavy atom. The van der Waals surface area contributed by atoms with Gasteiger partial charge in [-0.05, 0) is 36.3 Å². The van der Waals surface area contributed by atoms with Crippen LogP contribution in [-0.4, -0.2) is 25.2 Å². The van der Waals surface area contributed by atoms with Gasteiger partial charge >= 0.3 is 6.03 Å². The Morgan fingerprint density at radius 3 is 2.36 bits per heavy atom. The number of fused-ring (bicyclic) bond motifs is 1. The summed E-state index contributed by atoms with van der Waals surface area (Å²) in [5, 5.41) is 6.71. The fraction of sp³-hybridized carbons (Fsp3) is 0.263. The first kappa shape index (κ1) is 17.1. The zero-order chi connectivity index (χ0) is 17.8. The predicted molar refractivity (Wildman–Crippen MR) is 94.6 cm³/mol. The predicted octanol–water partition coefficient (Wildman–Crippen LogP) is 3.09. The number of benzene rings is 2. The first-order chi connectivity index (χ1) is 12.1. The minimum Gasteiger partial charge on any atom is -0.349 e. The van der Waals surface area contributed by atoms with Crippen molar-refractivity contribution in [3.63, 3.8) is 0 Å². The highest BCUT2D eigenvalue weighted by Crippen LogP contribution is 2.31. The van der Waals surface area contributed by atoms with E-state index in [2.05, 4.69) is 10.6 Å². The van der Waals surface area contributed by atoms with E-state index in [0.717, 1.165) is 21.9 Å². The van der Waals surface area contributed by atoms with E-state index in [4.69, 9.17) is 9.47 Å². The lowest BCUT2D eigenvalue weighted by Gasteiger charge is -2.20. The van der Waals surface area contributed by atoms with Crippen LogP contribution in [-0.2, 0) is 14.3 Å². The van der Waals surface area contributed by atoms with Crippen molar-refractivity contribution >= 4 is 28.8 Å². The van der Waals surface area contributed by atoms with E-state index < -0.39 is 18.2 Å². The van der Waals surface area contributed by atoms with Gasteiger partial charge in [0.25, 0.3) is 5.91 Å². The van der Waals surface area contributed by atoms with E-state index in [-0.39, 0.29) is 5.70 Å². The van der Waals surface area contributed by atoms with Gasteiger partial charge in [0.15, 0.2) is 6.29 Å². The van der Waals surface area contributed by atoms with Crippen molar-refractivity contribution in [3.8, 4) is 0 Å². The van der Waals surface area contributed by atoms with Crippen LogP contribution >= 0.6 is 0 Å². The van der Waals surface area contributed by atoms with Crippen LogP contribution in [0, 0.1) is 0 Å². The van der Waals surface area contributed by atoms with E-state index in [9.17, 15) is 9.59 Å². The highest BCUT2D eigenvalue weighted by Gasteiger charge is 2.25. The molecule has 2 aromatic carbocycles. The second kappa shape index (κ2) is 7.46. The normalized spacial score (nSPS) is 15.9. The molecule has 2 aromatic rings. The number of carbonyl (C=O) groups excluding carboxylic acids is 2. The average molecular weight is 340 g/mol. The Morgan fingerprint density at radius 2 is 1.72 bits per heavy atom. The molecule has 3 amide bonds. The minimum absolute atomic E-state index is 0.203. The molecule has 0 bridgehead atoms. The molecular weight excluding hydrogens is 320 g/mol. The highest BCUT2D eigenvalue weighted by atomic mass is 16.7. The van der Waals surface area contributed by atoms with Crippen molar-refractivity contribution in [2.24, 2.45) is 0 Å². The largest absolute Gasteiger partial charge is 0.349 e. The SMILES string of the molecule is CCOC(OCC)c1ccc2ccccc2c1/C=C1\NC(=O)NC1=O. The Kier molecular flexibility index (Phi) is 5.11. The molecular formula is C19H20N2O4.